The normalized spacial score (nSPS) is 16.7. The van der Waals surface area contributed by atoms with Gasteiger partial charge in [0.25, 0.3) is 5.91 Å². The number of hydrogen-bond donors (Lipinski definition) is 1. The summed E-state index contributed by atoms with van der Waals surface area (Å²) in [6.07, 6.45) is 4.97. The van der Waals surface area contributed by atoms with Crippen molar-refractivity contribution in [3.05, 3.63) is 21.9 Å². The SMILES string of the molecule is CCc1ccc(C(=O)NCCN2CCCCC2)s1. The lowest BCUT2D eigenvalue weighted by Gasteiger charge is -2.26. The van der Waals surface area contributed by atoms with Gasteiger partial charge in [-0.15, -0.1) is 11.3 Å². The Bertz CT molecular complexity index is 383. The van der Waals surface area contributed by atoms with Crippen molar-refractivity contribution in [2.24, 2.45) is 0 Å². The molecule has 0 unspecified atom stereocenters. The molecule has 1 saturated heterocycles. The topological polar surface area (TPSA) is 32.3 Å². The van der Waals surface area contributed by atoms with Crippen molar-refractivity contribution in [1.29, 1.82) is 0 Å². The predicted molar refractivity (Wildman–Crippen MR) is 76.3 cm³/mol. The van der Waals surface area contributed by atoms with Gasteiger partial charge in [0, 0.05) is 18.0 Å². The predicted octanol–water partition coefficient (Wildman–Crippen LogP) is 2.53. The number of amides is 1. The van der Waals surface area contributed by atoms with Crippen molar-refractivity contribution in [3.63, 3.8) is 0 Å². The van der Waals surface area contributed by atoms with Crippen LogP contribution in [-0.2, 0) is 6.42 Å². The van der Waals surface area contributed by atoms with Crippen LogP contribution in [0.1, 0.15) is 40.7 Å². The number of nitrogens with zero attached hydrogens (tertiary/aromatic N) is 1. The molecule has 0 spiro atoms. The average Bonchev–Trinajstić information content (AvgIpc) is 2.89. The Morgan fingerprint density at radius 1 is 1.33 bits per heavy atom. The van der Waals surface area contributed by atoms with Gasteiger partial charge in [0.15, 0.2) is 0 Å². The minimum atomic E-state index is 0.0803. The van der Waals surface area contributed by atoms with Crippen LogP contribution in [0.15, 0.2) is 12.1 Å². The Labute approximate surface area is 113 Å². The largest absolute Gasteiger partial charge is 0.350 e. The van der Waals surface area contributed by atoms with Gasteiger partial charge >= 0.3 is 0 Å². The van der Waals surface area contributed by atoms with E-state index in [1.165, 1.54) is 37.2 Å². The summed E-state index contributed by atoms with van der Waals surface area (Å²) < 4.78 is 0. The third kappa shape index (κ3) is 3.82. The number of carbonyl (C=O) groups is 1. The van der Waals surface area contributed by atoms with Gasteiger partial charge in [-0.05, 0) is 44.5 Å². The molecule has 2 heterocycles. The van der Waals surface area contributed by atoms with E-state index in [0.717, 1.165) is 24.4 Å². The Balaban J connectivity index is 1.70. The Hall–Kier alpha value is -0.870. The van der Waals surface area contributed by atoms with Gasteiger partial charge in [-0.1, -0.05) is 13.3 Å². The smallest absolute Gasteiger partial charge is 0.261 e. The summed E-state index contributed by atoms with van der Waals surface area (Å²) >= 11 is 1.60. The zero-order valence-electron chi connectivity index (χ0n) is 11.1. The first-order valence-corrected chi connectivity index (χ1v) is 7.70. The minimum Gasteiger partial charge on any atom is -0.350 e. The number of hydrogen-bond acceptors (Lipinski definition) is 3. The number of likely N-dealkylation sites (tertiary alicyclic amines) is 1. The fraction of sp³-hybridized carbons (Fsp3) is 0.643. The van der Waals surface area contributed by atoms with Crippen molar-refractivity contribution in [2.75, 3.05) is 26.2 Å². The highest BCUT2D eigenvalue weighted by Gasteiger charge is 2.11. The molecule has 4 heteroatoms. The van der Waals surface area contributed by atoms with E-state index < -0.39 is 0 Å². The van der Waals surface area contributed by atoms with Crippen molar-refractivity contribution < 1.29 is 4.79 Å². The maximum atomic E-state index is 11.9. The van der Waals surface area contributed by atoms with Crippen LogP contribution in [0.5, 0.6) is 0 Å². The summed E-state index contributed by atoms with van der Waals surface area (Å²) in [5.41, 5.74) is 0. The molecule has 0 saturated carbocycles. The van der Waals surface area contributed by atoms with Crippen LogP contribution in [0.4, 0.5) is 0 Å². The summed E-state index contributed by atoms with van der Waals surface area (Å²) in [6, 6.07) is 3.98. The van der Waals surface area contributed by atoms with Crippen LogP contribution in [0, 0.1) is 0 Å². The molecule has 0 bridgehead atoms. The molecule has 0 atom stereocenters. The summed E-state index contributed by atoms with van der Waals surface area (Å²) in [5.74, 6) is 0.0803. The Morgan fingerprint density at radius 2 is 2.11 bits per heavy atom. The number of thiophene rings is 1. The number of piperidine rings is 1. The molecule has 100 valence electrons. The van der Waals surface area contributed by atoms with Gasteiger partial charge < -0.3 is 10.2 Å². The van der Waals surface area contributed by atoms with Crippen LogP contribution < -0.4 is 5.32 Å². The molecule has 1 aliphatic rings. The van der Waals surface area contributed by atoms with Gasteiger partial charge in [-0.25, -0.2) is 0 Å². The molecule has 2 rings (SSSR count). The number of rotatable bonds is 5. The molecule has 1 aliphatic heterocycles. The quantitative estimate of drug-likeness (QED) is 0.888. The summed E-state index contributed by atoms with van der Waals surface area (Å²) in [7, 11) is 0. The highest BCUT2D eigenvalue weighted by atomic mass is 32.1. The van der Waals surface area contributed by atoms with Gasteiger partial charge in [0.2, 0.25) is 0 Å². The molecule has 1 amide bonds. The number of nitrogens with one attached hydrogen (secondary N) is 1. The number of aryl methyl sites for hydroxylation is 1. The van der Waals surface area contributed by atoms with Crippen LogP contribution in [0.3, 0.4) is 0 Å². The standard InChI is InChI=1S/C14H22N2OS/c1-2-12-6-7-13(18-12)14(17)15-8-11-16-9-4-3-5-10-16/h6-7H,2-5,8-11H2,1H3,(H,15,17). The lowest BCUT2D eigenvalue weighted by atomic mass is 10.1. The van der Waals surface area contributed by atoms with Crippen molar-refractivity contribution in [3.8, 4) is 0 Å². The molecule has 3 nitrogen and oxygen atoms in total. The first kappa shape index (κ1) is 13.6. The lowest BCUT2D eigenvalue weighted by molar-refractivity contribution is 0.0950. The van der Waals surface area contributed by atoms with Crippen molar-refractivity contribution in [1.82, 2.24) is 10.2 Å². The highest BCUT2D eigenvalue weighted by Crippen LogP contribution is 2.16. The van der Waals surface area contributed by atoms with Gasteiger partial charge in [-0.2, -0.15) is 0 Å². The first-order valence-electron chi connectivity index (χ1n) is 6.89. The van der Waals surface area contributed by atoms with Crippen LogP contribution >= 0.6 is 11.3 Å². The molecule has 18 heavy (non-hydrogen) atoms. The maximum absolute atomic E-state index is 11.9. The Kier molecular flexibility index (Phi) is 5.20. The fourth-order valence-electron chi connectivity index (χ4n) is 2.29. The number of carbonyl (C=O) groups excluding carboxylic acids is 1. The van der Waals surface area contributed by atoms with E-state index in [2.05, 4.69) is 17.1 Å². The van der Waals surface area contributed by atoms with Crippen molar-refractivity contribution in [2.45, 2.75) is 32.6 Å². The van der Waals surface area contributed by atoms with E-state index in [1.807, 2.05) is 12.1 Å². The summed E-state index contributed by atoms with van der Waals surface area (Å²) in [4.78, 5) is 16.4. The molecular formula is C14H22N2OS. The van der Waals surface area contributed by atoms with Crippen LogP contribution in [-0.4, -0.2) is 37.0 Å². The second-order valence-corrected chi connectivity index (χ2v) is 5.95. The zero-order chi connectivity index (χ0) is 12.8. The fourth-order valence-corrected chi connectivity index (χ4v) is 3.15. The third-order valence-electron chi connectivity index (χ3n) is 3.40. The second kappa shape index (κ2) is 6.90. The minimum absolute atomic E-state index is 0.0803. The molecule has 0 aromatic carbocycles. The maximum Gasteiger partial charge on any atom is 0.261 e. The molecule has 1 N–H and O–H groups in total. The van der Waals surface area contributed by atoms with E-state index in [9.17, 15) is 4.79 Å². The lowest BCUT2D eigenvalue weighted by Crippen LogP contribution is -2.37. The van der Waals surface area contributed by atoms with Crippen LogP contribution in [0.2, 0.25) is 0 Å². The molecular weight excluding hydrogens is 244 g/mol. The zero-order valence-corrected chi connectivity index (χ0v) is 11.9. The van der Waals surface area contributed by atoms with E-state index in [0.29, 0.717) is 0 Å². The van der Waals surface area contributed by atoms with Crippen molar-refractivity contribution >= 4 is 17.2 Å². The van der Waals surface area contributed by atoms with E-state index in [-0.39, 0.29) is 5.91 Å². The average molecular weight is 266 g/mol. The molecule has 0 aliphatic carbocycles. The van der Waals surface area contributed by atoms with Gasteiger partial charge in [0.1, 0.15) is 0 Å². The second-order valence-electron chi connectivity index (χ2n) is 4.78. The molecule has 0 radical (unpaired) electrons. The van der Waals surface area contributed by atoms with E-state index in [4.69, 9.17) is 0 Å². The monoisotopic (exact) mass is 266 g/mol. The Morgan fingerprint density at radius 3 is 2.78 bits per heavy atom. The molecule has 1 aromatic heterocycles. The molecule has 1 aromatic rings. The van der Waals surface area contributed by atoms with E-state index >= 15 is 0 Å². The summed E-state index contributed by atoms with van der Waals surface area (Å²) in [6.45, 7) is 6.24. The first-order chi connectivity index (χ1) is 8.79. The third-order valence-corrected chi connectivity index (χ3v) is 4.62. The van der Waals surface area contributed by atoms with Crippen LogP contribution in [0.25, 0.3) is 0 Å². The highest BCUT2D eigenvalue weighted by molar-refractivity contribution is 7.14. The molecule has 1 fully saturated rings. The summed E-state index contributed by atoms with van der Waals surface area (Å²) in [5, 5.41) is 3.01. The van der Waals surface area contributed by atoms with E-state index in [1.54, 1.807) is 11.3 Å². The van der Waals surface area contributed by atoms with Gasteiger partial charge in [0.05, 0.1) is 4.88 Å². The van der Waals surface area contributed by atoms with Gasteiger partial charge in [-0.3, -0.25) is 4.79 Å².